The van der Waals surface area contributed by atoms with Gasteiger partial charge in [0.1, 0.15) is 0 Å². The van der Waals surface area contributed by atoms with E-state index in [4.69, 9.17) is 17.4 Å². The van der Waals surface area contributed by atoms with Crippen molar-refractivity contribution in [1.29, 1.82) is 0 Å². The molecule has 1 saturated carbocycles. The molecule has 0 unspecified atom stereocenters. The number of carbonyl (C=O) groups excluding carboxylic acids is 1. The number of rotatable bonds is 4. The van der Waals surface area contributed by atoms with Gasteiger partial charge < -0.3 is 10.7 Å². The molecule has 0 aliphatic heterocycles. The normalized spacial score (nSPS) is 15.3. The second kappa shape index (κ2) is 4.78. The maximum absolute atomic E-state index is 12.3. The fourth-order valence-electron chi connectivity index (χ4n) is 2.10. The minimum absolute atomic E-state index is 0.151. The van der Waals surface area contributed by atoms with Crippen LogP contribution < -0.4 is 16.6 Å². The average Bonchev–Trinajstić information content (AvgIpc) is 3.12. The predicted molar refractivity (Wildman–Crippen MR) is 73.5 cm³/mol. The number of carbonyl (C=O) groups is 1. The van der Waals surface area contributed by atoms with E-state index in [-0.39, 0.29) is 11.4 Å². The van der Waals surface area contributed by atoms with E-state index in [0.29, 0.717) is 22.2 Å². The third-order valence-corrected chi connectivity index (χ3v) is 3.65. The molecule has 1 fully saturated rings. The maximum atomic E-state index is 12.3. The molecule has 1 aromatic rings. The van der Waals surface area contributed by atoms with Crippen LogP contribution in [0, 0.1) is 5.92 Å². The topological polar surface area (TPSA) is 67.2 Å². The lowest BCUT2D eigenvalue weighted by Crippen LogP contribution is -2.45. The molecule has 2 rings (SSSR count). The van der Waals surface area contributed by atoms with Gasteiger partial charge in [-0.3, -0.25) is 10.6 Å². The summed E-state index contributed by atoms with van der Waals surface area (Å²) in [6.45, 7) is 4.09. The van der Waals surface area contributed by atoms with Crippen molar-refractivity contribution in [3.63, 3.8) is 0 Å². The highest BCUT2D eigenvalue weighted by Gasteiger charge is 2.39. The summed E-state index contributed by atoms with van der Waals surface area (Å²) >= 11 is 5.92. The van der Waals surface area contributed by atoms with E-state index in [2.05, 4.69) is 10.7 Å². The van der Waals surface area contributed by atoms with Crippen molar-refractivity contribution in [3.05, 3.63) is 28.8 Å². The van der Waals surface area contributed by atoms with E-state index in [1.165, 1.54) is 12.8 Å². The van der Waals surface area contributed by atoms with Crippen molar-refractivity contribution >= 4 is 23.2 Å². The summed E-state index contributed by atoms with van der Waals surface area (Å²) in [6.07, 6.45) is 2.34. The number of anilines is 1. The van der Waals surface area contributed by atoms with Crippen LogP contribution in [0.15, 0.2) is 18.2 Å². The van der Waals surface area contributed by atoms with E-state index < -0.39 is 0 Å². The molecule has 0 heterocycles. The Labute approximate surface area is 112 Å². The maximum Gasteiger partial charge on any atom is 0.253 e. The number of amides is 1. The van der Waals surface area contributed by atoms with Gasteiger partial charge in [0.15, 0.2) is 0 Å². The molecule has 0 atom stereocenters. The van der Waals surface area contributed by atoms with E-state index in [0.717, 1.165) is 0 Å². The molecule has 0 aromatic heterocycles. The molecule has 1 aliphatic carbocycles. The Morgan fingerprint density at radius 1 is 1.44 bits per heavy atom. The summed E-state index contributed by atoms with van der Waals surface area (Å²) < 4.78 is 0. The molecule has 98 valence electrons. The van der Waals surface area contributed by atoms with Crippen LogP contribution in [-0.4, -0.2) is 11.4 Å². The first-order valence-electron chi connectivity index (χ1n) is 6.02. The summed E-state index contributed by atoms with van der Waals surface area (Å²) in [6, 6.07) is 5.01. The van der Waals surface area contributed by atoms with Crippen molar-refractivity contribution < 1.29 is 4.79 Å². The molecule has 0 saturated heterocycles. The highest BCUT2D eigenvalue weighted by atomic mass is 35.5. The summed E-state index contributed by atoms with van der Waals surface area (Å²) in [5.74, 6) is 5.82. The number of nitrogens with one attached hydrogen (secondary N) is 2. The van der Waals surface area contributed by atoms with Crippen LogP contribution in [0.5, 0.6) is 0 Å². The van der Waals surface area contributed by atoms with E-state index in [1.807, 2.05) is 13.8 Å². The van der Waals surface area contributed by atoms with Crippen molar-refractivity contribution in [1.82, 2.24) is 5.32 Å². The van der Waals surface area contributed by atoms with Crippen LogP contribution >= 0.6 is 11.6 Å². The summed E-state index contributed by atoms with van der Waals surface area (Å²) in [5, 5.41) is 3.56. The van der Waals surface area contributed by atoms with Crippen molar-refractivity contribution in [2.75, 3.05) is 5.43 Å². The monoisotopic (exact) mass is 267 g/mol. The fraction of sp³-hybridized carbons (Fsp3) is 0.462. The van der Waals surface area contributed by atoms with Crippen LogP contribution in [0.3, 0.4) is 0 Å². The Morgan fingerprint density at radius 3 is 2.67 bits per heavy atom. The lowest BCUT2D eigenvalue weighted by atomic mass is 9.98. The third kappa shape index (κ3) is 2.76. The Morgan fingerprint density at radius 2 is 2.11 bits per heavy atom. The van der Waals surface area contributed by atoms with Gasteiger partial charge in [0.05, 0.1) is 11.3 Å². The number of hydrogen-bond donors (Lipinski definition) is 3. The average molecular weight is 268 g/mol. The quantitative estimate of drug-likeness (QED) is 0.580. The largest absolute Gasteiger partial charge is 0.347 e. The van der Waals surface area contributed by atoms with Gasteiger partial charge in [0.25, 0.3) is 5.91 Å². The van der Waals surface area contributed by atoms with Gasteiger partial charge in [-0.05, 0) is 50.8 Å². The smallest absolute Gasteiger partial charge is 0.253 e. The van der Waals surface area contributed by atoms with Gasteiger partial charge in [-0.1, -0.05) is 11.6 Å². The van der Waals surface area contributed by atoms with Crippen LogP contribution in [0.1, 0.15) is 37.0 Å². The van der Waals surface area contributed by atoms with Gasteiger partial charge >= 0.3 is 0 Å². The standard InChI is InChI=1S/C13H18ClN3O/c1-13(2,8-3-4-8)16-12(18)10-7-9(14)5-6-11(10)17-15/h5-8,17H,3-4,15H2,1-2H3,(H,16,18). The number of benzene rings is 1. The molecule has 4 nitrogen and oxygen atoms in total. The number of nitrogen functional groups attached to an aromatic ring is 1. The molecule has 0 radical (unpaired) electrons. The van der Waals surface area contributed by atoms with Crippen molar-refractivity contribution in [3.8, 4) is 0 Å². The highest BCUT2D eigenvalue weighted by molar-refractivity contribution is 6.31. The molecule has 0 bridgehead atoms. The molecular weight excluding hydrogens is 250 g/mol. The first kappa shape index (κ1) is 13.2. The first-order valence-corrected chi connectivity index (χ1v) is 6.40. The molecule has 5 heteroatoms. The molecule has 4 N–H and O–H groups in total. The van der Waals surface area contributed by atoms with Crippen LogP contribution in [0.4, 0.5) is 5.69 Å². The molecule has 1 amide bonds. The molecule has 1 aromatic carbocycles. The number of hydrogen-bond acceptors (Lipinski definition) is 3. The van der Waals surface area contributed by atoms with Crippen molar-refractivity contribution in [2.24, 2.45) is 11.8 Å². The third-order valence-electron chi connectivity index (χ3n) is 3.42. The Hall–Kier alpha value is -1.26. The lowest BCUT2D eigenvalue weighted by Gasteiger charge is -2.26. The zero-order chi connectivity index (χ0) is 13.3. The Kier molecular flexibility index (Phi) is 3.50. The van der Waals surface area contributed by atoms with E-state index in [1.54, 1.807) is 18.2 Å². The van der Waals surface area contributed by atoms with E-state index in [9.17, 15) is 4.79 Å². The number of nitrogens with two attached hydrogens (primary N) is 1. The van der Waals surface area contributed by atoms with E-state index >= 15 is 0 Å². The Balaban J connectivity index is 2.20. The minimum Gasteiger partial charge on any atom is -0.347 e. The lowest BCUT2D eigenvalue weighted by molar-refractivity contribution is 0.0904. The highest BCUT2D eigenvalue weighted by Crippen LogP contribution is 2.39. The summed E-state index contributed by atoms with van der Waals surface area (Å²) in [5.41, 5.74) is 3.37. The zero-order valence-corrected chi connectivity index (χ0v) is 11.3. The molecule has 18 heavy (non-hydrogen) atoms. The van der Waals surface area contributed by atoms with Gasteiger partial charge in [-0.2, -0.15) is 0 Å². The fourth-order valence-corrected chi connectivity index (χ4v) is 2.27. The zero-order valence-electron chi connectivity index (χ0n) is 10.6. The van der Waals surface area contributed by atoms with Gasteiger partial charge in [-0.25, -0.2) is 0 Å². The van der Waals surface area contributed by atoms with Gasteiger partial charge in [-0.15, -0.1) is 0 Å². The van der Waals surface area contributed by atoms with Gasteiger partial charge in [0, 0.05) is 10.6 Å². The van der Waals surface area contributed by atoms with Crippen LogP contribution in [-0.2, 0) is 0 Å². The van der Waals surface area contributed by atoms with Gasteiger partial charge in [0.2, 0.25) is 0 Å². The molecule has 1 aliphatic rings. The number of halogens is 1. The SMILES string of the molecule is CC(C)(NC(=O)c1cc(Cl)ccc1NN)C1CC1. The minimum atomic E-state index is -0.189. The second-order valence-corrected chi connectivity index (χ2v) is 5.72. The summed E-state index contributed by atoms with van der Waals surface area (Å²) in [4.78, 5) is 12.3. The second-order valence-electron chi connectivity index (χ2n) is 5.28. The van der Waals surface area contributed by atoms with Crippen LogP contribution in [0.2, 0.25) is 5.02 Å². The molecule has 0 spiro atoms. The summed E-state index contributed by atoms with van der Waals surface area (Å²) in [7, 11) is 0. The molecular formula is C13H18ClN3O. The Bertz CT molecular complexity index is 469. The number of hydrazine groups is 1. The van der Waals surface area contributed by atoms with Crippen molar-refractivity contribution in [2.45, 2.75) is 32.2 Å². The van der Waals surface area contributed by atoms with Crippen LogP contribution in [0.25, 0.3) is 0 Å². The first-order chi connectivity index (χ1) is 8.44. The predicted octanol–water partition coefficient (Wildman–Crippen LogP) is 2.54.